The van der Waals surface area contributed by atoms with E-state index in [1.807, 2.05) is 0 Å². The normalized spacial score (nSPS) is 14.2. The van der Waals surface area contributed by atoms with E-state index in [4.69, 9.17) is 0 Å². The molecule has 3 aromatic rings. The molecule has 3 aromatic carbocycles. The van der Waals surface area contributed by atoms with Crippen LogP contribution in [0.5, 0.6) is 5.75 Å². The number of hydrogen-bond acceptors (Lipinski definition) is 3. The average Bonchev–Trinajstić information content (AvgIpc) is 3.33. The molecule has 0 saturated carbocycles. The van der Waals surface area contributed by atoms with Crippen molar-refractivity contribution in [1.82, 2.24) is 10.2 Å². The Morgan fingerprint density at radius 1 is 0.824 bits per heavy atom. The number of halogens is 3. The van der Waals surface area contributed by atoms with Gasteiger partial charge in [-0.25, -0.2) is 0 Å². The molecule has 1 fully saturated rings. The number of ether oxygens (including phenoxy) is 1. The van der Waals surface area contributed by atoms with Gasteiger partial charge in [-0.15, -0.1) is 13.2 Å². The first kappa shape index (κ1) is 23.8. The molecular formula is C27H27F3N2O2. The van der Waals surface area contributed by atoms with Gasteiger partial charge in [-0.05, 0) is 78.9 Å². The van der Waals surface area contributed by atoms with Crippen molar-refractivity contribution in [1.29, 1.82) is 0 Å². The maximum Gasteiger partial charge on any atom is 0.573 e. The lowest BCUT2D eigenvalue weighted by molar-refractivity contribution is -0.274. The molecule has 1 aliphatic rings. The maximum atomic E-state index is 12.5. The predicted octanol–water partition coefficient (Wildman–Crippen LogP) is 5.82. The van der Waals surface area contributed by atoms with E-state index in [1.54, 1.807) is 36.4 Å². The highest BCUT2D eigenvalue weighted by molar-refractivity contribution is 5.94. The minimum atomic E-state index is -4.71. The SMILES string of the molecule is O=C(NCCc1ccc(CN2CCCC2)cc1)c1ccc(-c2ccc(OC(F)(F)F)cc2)cc1. The number of alkyl halides is 3. The summed E-state index contributed by atoms with van der Waals surface area (Å²) in [6.45, 7) is 3.89. The maximum absolute atomic E-state index is 12.5. The molecule has 1 saturated heterocycles. The van der Waals surface area contributed by atoms with Gasteiger partial charge in [0.05, 0.1) is 0 Å². The Bertz CT molecular complexity index is 1070. The van der Waals surface area contributed by atoms with E-state index in [-0.39, 0.29) is 11.7 Å². The summed E-state index contributed by atoms with van der Waals surface area (Å²) in [4.78, 5) is 14.9. The summed E-state index contributed by atoms with van der Waals surface area (Å²) >= 11 is 0. The summed E-state index contributed by atoms with van der Waals surface area (Å²) in [6, 6.07) is 21.2. The number of carbonyl (C=O) groups excluding carboxylic acids is 1. The van der Waals surface area contributed by atoms with Crippen LogP contribution in [0.4, 0.5) is 13.2 Å². The van der Waals surface area contributed by atoms with Crippen molar-refractivity contribution in [2.75, 3.05) is 19.6 Å². The predicted molar refractivity (Wildman–Crippen MR) is 126 cm³/mol. The van der Waals surface area contributed by atoms with Crippen molar-refractivity contribution in [2.24, 2.45) is 0 Å². The first-order valence-corrected chi connectivity index (χ1v) is 11.4. The van der Waals surface area contributed by atoms with Gasteiger partial charge in [-0.1, -0.05) is 48.5 Å². The van der Waals surface area contributed by atoms with Crippen LogP contribution in [0.15, 0.2) is 72.8 Å². The highest BCUT2D eigenvalue weighted by atomic mass is 19.4. The number of benzene rings is 3. The number of hydrogen-bond donors (Lipinski definition) is 1. The van der Waals surface area contributed by atoms with Crippen molar-refractivity contribution in [2.45, 2.75) is 32.2 Å². The molecular weight excluding hydrogens is 441 g/mol. The number of likely N-dealkylation sites (tertiary alicyclic amines) is 1. The monoisotopic (exact) mass is 468 g/mol. The Balaban J connectivity index is 1.25. The zero-order valence-corrected chi connectivity index (χ0v) is 18.8. The Hall–Kier alpha value is -3.32. The molecule has 0 aliphatic carbocycles. The van der Waals surface area contributed by atoms with Gasteiger partial charge in [0, 0.05) is 18.7 Å². The molecule has 0 aromatic heterocycles. The summed E-state index contributed by atoms with van der Waals surface area (Å²) < 4.78 is 40.8. The van der Waals surface area contributed by atoms with Gasteiger partial charge in [-0.2, -0.15) is 0 Å². The van der Waals surface area contributed by atoms with E-state index < -0.39 is 6.36 Å². The molecule has 1 aliphatic heterocycles. The molecule has 34 heavy (non-hydrogen) atoms. The van der Waals surface area contributed by atoms with Crippen LogP contribution in [-0.4, -0.2) is 36.8 Å². The average molecular weight is 469 g/mol. The van der Waals surface area contributed by atoms with Crippen LogP contribution in [0.1, 0.15) is 34.3 Å². The highest BCUT2D eigenvalue weighted by Crippen LogP contribution is 2.26. The molecule has 0 bridgehead atoms. The molecule has 4 nitrogen and oxygen atoms in total. The van der Waals surface area contributed by atoms with Crippen molar-refractivity contribution < 1.29 is 22.7 Å². The number of carbonyl (C=O) groups is 1. The molecule has 0 spiro atoms. The molecule has 0 atom stereocenters. The molecule has 7 heteroatoms. The Morgan fingerprint density at radius 2 is 1.38 bits per heavy atom. The third kappa shape index (κ3) is 6.84. The molecule has 1 amide bonds. The van der Waals surface area contributed by atoms with Crippen LogP contribution in [0.25, 0.3) is 11.1 Å². The van der Waals surface area contributed by atoms with E-state index in [0.29, 0.717) is 12.1 Å². The second-order valence-corrected chi connectivity index (χ2v) is 8.46. The first-order valence-electron chi connectivity index (χ1n) is 11.4. The van der Waals surface area contributed by atoms with E-state index in [2.05, 4.69) is 39.2 Å². The number of rotatable bonds is 8. The van der Waals surface area contributed by atoms with Crippen LogP contribution in [0, 0.1) is 0 Å². The van der Waals surface area contributed by atoms with Crippen LogP contribution in [0.2, 0.25) is 0 Å². The summed E-state index contributed by atoms with van der Waals surface area (Å²) in [5.41, 5.74) is 4.55. The second kappa shape index (κ2) is 10.7. The molecule has 1 heterocycles. The summed E-state index contributed by atoms with van der Waals surface area (Å²) in [5, 5.41) is 2.94. The zero-order valence-electron chi connectivity index (χ0n) is 18.8. The van der Waals surface area contributed by atoms with Gasteiger partial charge in [-0.3, -0.25) is 9.69 Å². The smallest absolute Gasteiger partial charge is 0.406 e. The summed E-state index contributed by atoms with van der Waals surface area (Å²) in [6.07, 6.45) is -1.39. The molecule has 178 valence electrons. The molecule has 0 unspecified atom stereocenters. The van der Waals surface area contributed by atoms with Crippen LogP contribution >= 0.6 is 0 Å². The van der Waals surface area contributed by atoms with Gasteiger partial charge in [0.2, 0.25) is 0 Å². The Kier molecular flexibility index (Phi) is 7.53. The van der Waals surface area contributed by atoms with Gasteiger partial charge in [0.15, 0.2) is 0 Å². The minimum Gasteiger partial charge on any atom is -0.406 e. The quantitative estimate of drug-likeness (QED) is 0.453. The molecule has 4 rings (SSSR count). The van der Waals surface area contributed by atoms with Crippen LogP contribution in [-0.2, 0) is 13.0 Å². The standard InChI is InChI=1S/C27H27F3N2O2/c28-27(29,30)34-25-13-11-23(12-14-25)22-7-9-24(10-8-22)26(33)31-16-15-20-3-5-21(6-4-20)19-32-17-1-2-18-32/h3-14H,1-2,15-19H2,(H,31,33). The topological polar surface area (TPSA) is 41.6 Å². The lowest BCUT2D eigenvalue weighted by atomic mass is 10.0. The number of amides is 1. The molecule has 1 N–H and O–H groups in total. The van der Waals surface area contributed by atoms with E-state index in [9.17, 15) is 18.0 Å². The largest absolute Gasteiger partial charge is 0.573 e. The van der Waals surface area contributed by atoms with Gasteiger partial charge < -0.3 is 10.1 Å². The minimum absolute atomic E-state index is 0.161. The number of nitrogens with one attached hydrogen (secondary N) is 1. The summed E-state index contributed by atoms with van der Waals surface area (Å²) in [7, 11) is 0. The van der Waals surface area contributed by atoms with Crippen molar-refractivity contribution >= 4 is 5.91 Å². The van der Waals surface area contributed by atoms with Gasteiger partial charge in [0.25, 0.3) is 5.91 Å². The fourth-order valence-electron chi connectivity index (χ4n) is 4.10. The first-order chi connectivity index (χ1) is 16.4. The van der Waals surface area contributed by atoms with Crippen molar-refractivity contribution in [3.63, 3.8) is 0 Å². The third-order valence-electron chi connectivity index (χ3n) is 5.90. The fourth-order valence-corrected chi connectivity index (χ4v) is 4.10. The third-order valence-corrected chi connectivity index (χ3v) is 5.90. The Labute approximate surface area is 197 Å². The van der Waals surface area contributed by atoms with E-state index in [1.165, 1.54) is 49.2 Å². The molecule has 0 radical (unpaired) electrons. The fraction of sp³-hybridized carbons (Fsp3) is 0.296. The summed E-state index contributed by atoms with van der Waals surface area (Å²) in [5.74, 6) is -0.431. The van der Waals surface area contributed by atoms with Crippen molar-refractivity contribution in [3.8, 4) is 16.9 Å². The second-order valence-electron chi connectivity index (χ2n) is 8.46. The van der Waals surface area contributed by atoms with Gasteiger partial charge >= 0.3 is 6.36 Å². The highest BCUT2D eigenvalue weighted by Gasteiger charge is 2.30. The lowest BCUT2D eigenvalue weighted by Gasteiger charge is -2.14. The van der Waals surface area contributed by atoms with E-state index in [0.717, 1.165) is 24.1 Å². The Morgan fingerprint density at radius 3 is 1.97 bits per heavy atom. The van der Waals surface area contributed by atoms with E-state index >= 15 is 0 Å². The zero-order chi connectivity index (χ0) is 24.0. The van der Waals surface area contributed by atoms with Crippen LogP contribution < -0.4 is 10.1 Å². The van der Waals surface area contributed by atoms with Crippen molar-refractivity contribution in [3.05, 3.63) is 89.5 Å². The number of nitrogens with zero attached hydrogens (tertiary/aromatic N) is 1. The van der Waals surface area contributed by atoms with Crippen LogP contribution in [0.3, 0.4) is 0 Å². The lowest BCUT2D eigenvalue weighted by Crippen LogP contribution is -2.25. The van der Waals surface area contributed by atoms with Gasteiger partial charge in [0.1, 0.15) is 5.75 Å².